The van der Waals surface area contributed by atoms with Gasteiger partial charge in [0.1, 0.15) is 10.8 Å². The summed E-state index contributed by atoms with van der Waals surface area (Å²) in [5.41, 5.74) is 4.99. The quantitative estimate of drug-likeness (QED) is 0.564. The van der Waals surface area contributed by atoms with Crippen LogP contribution < -0.4 is 0 Å². The van der Waals surface area contributed by atoms with Crippen LogP contribution in [0.5, 0.6) is 0 Å². The minimum Gasteiger partial charge on any atom is -0.361 e. The van der Waals surface area contributed by atoms with Crippen molar-refractivity contribution in [3.8, 4) is 11.5 Å². The molecule has 0 N–H and O–H groups in total. The van der Waals surface area contributed by atoms with Crippen molar-refractivity contribution in [3.63, 3.8) is 0 Å². The zero-order valence-corrected chi connectivity index (χ0v) is 14.7. The fourth-order valence-electron chi connectivity index (χ4n) is 3.43. The third-order valence-corrected chi connectivity index (χ3v) is 5.56. The lowest BCUT2D eigenvalue weighted by Gasteiger charge is -2.16. The van der Waals surface area contributed by atoms with Crippen LogP contribution in [-0.4, -0.2) is 25.0 Å². The molecule has 1 aromatic carbocycles. The Balaban J connectivity index is 1.47. The van der Waals surface area contributed by atoms with Crippen molar-refractivity contribution in [2.75, 3.05) is 0 Å². The van der Waals surface area contributed by atoms with Crippen molar-refractivity contribution < 1.29 is 4.52 Å². The number of aryl methyl sites for hydroxylation is 3. The van der Waals surface area contributed by atoms with Crippen LogP contribution in [0.1, 0.15) is 40.3 Å². The van der Waals surface area contributed by atoms with E-state index in [9.17, 15) is 0 Å². The zero-order valence-electron chi connectivity index (χ0n) is 13.9. The van der Waals surface area contributed by atoms with Gasteiger partial charge >= 0.3 is 0 Å². The van der Waals surface area contributed by atoms with E-state index in [-0.39, 0.29) is 0 Å². The molecule has 4 aromatic rings. The number of hydrogen-bond acceptors (Lipinski definition) is 6. The molecule has 0 bridgehead atoms. The Kier molecular flexibility index (Phi) is 3.41. The van der Waals surface area contributed by atoms with Crippen LogP contribution >= 0.6 is 11.3 Å². The van der Waals surface area contributed by atoms with E-state index < -0.39 is 0 Å². The highest BCUT2D eigenvalue weighted by Crippen LogP contribution is 2.26. The Hall–Kier alpha value is -2.54. The van der Waals surface area contributed by atoms with Gasteiger partial charge in [0.15, 0.2) is 5.69 Å². The summed E-state index contributed by atoms with van der Waals surface area (Å²) in [4.78, 5) is 0.781. The van der Waals surface area contributed by atoms with Crippen LogP contribution in [0, 0.1) is 6.92 Å². The molecule has 25 heavy (non-hydrogen) atoms. The van der Waals surface area contributed by atoms with E-state index in [2.05, 4.69) is 33.6 Å². The Bertz CT molecular complexity index is 1060. The average molecular weight is 351 g/mol. The molecule has 7 heteroatoms. The SMILES string of the molecule is Cc1cc(-c2nnc3sc(Cc4ccc5c(c4)CCCC5)nn23)no1. The van der Waals surface area contributed by atoms with Crippen molar-refractivity contribution >= 4 is 16.3 Å². The predicted octanol–water partition coefficient (Wildman–Crippen LogP) is 3.62. The zero-order chi connectivity index (χ0) is 16.8. The van der Waals surface area contributed by atoms with Crippen LogP contribution in [0.2, 0.25) is 0 Å². The van der Waals surface area contributed by atoms with Crippen molar-refractivity contribution in [2.24, 2.45) is 0 Å². The summed E-state index contributed by atoms with van der Waals surface area (Å²) >= 11 is 1.57. The second-order valence-electron chi connectivity index (χ2n) is 6.52. The average Bonchev–Trinajstić information content (AvgIpc) is 3.30. The number of nitrogens with zero attached hydrogens (tertiary/aromatic N) is 5. The van der Waals surface area contributed by atoms with E-state index in [1.807, 2.05) is 13.0 Å². The topological polar surface area (TPSA) is 69.1 Å². The normalized spacial score (nSPS) is 14.1. The highest BCUT2D eigenvalue weighted by Gasteiger charge is 2.17. The summed E-state index contributed by atoms with van der Waals surface area (Å²) in [5, 5.41) is 18.1. The lowest BCUT2D eigenvalue weighted by molar-refractivity contribution is 0.399. The molecule has 0 atom stereocenters. The third-order valence-electron chi connectivity index (χ3n) is 4.66. The smallest absolute Gasteiger partial charge is 0.235 e. The minimum absolute atomic E-state index is 0.625. The van der Waals surface area contributed by atoms with E-state index in [0.29, 0.717) is 11.5 Å². The van der Waals surface area contributed by atoms with Crippen molar-refractivity contribution in [1.29, 1.82) is 0 Å². The molecule has 0 spiro atoms. The number of rotatable bonds is 3. The van der Waals surface area contributed by atoms with Gasteiger partial charge in [0.05, 0.1) is 0 Å². The van der Waals surface area contributed by atoms with Crippen LogP contribution in [0.4, 0.5) is 0 Å². The fraction of sp³-hybridized carbons (Fsp3) is 0.333. The highest BCUT2D eigenvalue weighted by molar-refractivity contribution is 7.16. The second kappa shape index (κ2) is 5.77. The van der Waals surface area contributed by atoms with E-state index in [1.165, 1.54) is 42.4 Å². The summed E-state index contributed by atoms with van der Waals surface area (Å²) in [7, 11) is 0. The molecular weight excluding hydrogens is 334 g/mol. The number of fused-ring (bicyclic) bond motifs is 2. The molecule has 0 saturated heterocycles. The molecule has 3 heterocycles. The molecule has 126 valence electrons. The van der Waals surface area contributed by atoms with Gasteiger partial charge in [-0.1, -0.05) is 34.7 Å². The van der Waals surface area contributed by atoms with E-state index in [0.717, 1.165) is 22.1 Å². The lowest BCUT2D eigenvalue weighted by atomic mass is 9.90. The van der Waals surface area contributed by atoms with Gasteiger partial charge in [-0.25, -0.2) is 0 Å². The van der Waals surface area contributed by atoms with Gasteiger partial charge in [-0.15, -0.1) is 10.2 Å². The fourth-order valence-corrected chi connectivity index (χ4v) is 4.30. The molecule has 0 unspecified atom stereocenters. The Morgan fingerprint density at radius 1 is 1.12 bits per heavy atom. The molecule has 6 nitrogen and oxygen atoms in total. The molecule has 1 aliphatic rings. The summed E-state index contributed by atoms with van der Waals surface area (Å²) < 4.78 is 6.90. The maximum atomic E-state index is 5.14. The standard InChI is InChI=1S/C18H17N5OS/c1-11-8-15(22-24-11)17-19-20-18-23(17)21-16(25-18)10-12-6-7-13-4-2-3-5-14(13)9-12/h6-9H,2-5,10H2,1H3. The molecule has 5 rings (SSSR count). The largest absolute Gasteiger partial charge is 0.361 e. The van der Waals surface area contributed by atoms with E-state index in [1.54, 1.807) is 15.9 Å². The van der Waals surface area contributed by atoms with Crippen LogP contribution in [-0.2, 0) is 19.3 Å². The minimum atomic E-state index is 0.625. The van der Waals surface area contributed by atoms with Crippen LogP contribution in [0.25, 0.3) is 16.5 Å². The Labute approximate surface area is 148 Å². The van der Waals surface area contributed by atoms with E-state index >= 15 is 0 Å². The first-order valence-electron chi connectivity index (χ1n) is 8.52. The van der Waals surface area contributed by atoms with Crippen molar-refractivity contribution in [1.82, 2.24) is 25.0 Å². The summed E-state index contributed by atoms with van der Waals surface area (Å²) in [6.45, 7) is 1.86. The first kappa shape index (κ1) is 14.8. The van der Waals surface area contributed by atoms with Gasteiger partial charge in [-0.05, 0) is 49.3 Å². The van der Waals surface area contributed by atoms with Crippen LogP contribution in [0.3, 0.4) is 0 Å². The van der Waals surface area contributed by atoms with Gasteiger partial charge in [-0.3, -0.25) is 0 Å². The van der Waals surface area contributed by atoms with Crippen molar-refractivity contribution in [3.05, 3.63) is 51.7 Å². The Morgan fingerprint density at radius 2 is 2.00 bits per heavy atom. The van der Waals surface area contributed by atoms with Gasteiger partial charge in [0.2, 0.25) is 10.8 Å². The number of hydrogen-bond donors (Lipinski definition) is 0. The van der Waals surface area contributed by atoms with E-state index in [4.69, 9.17) is 9.62 Å². The van der Waals surface area contributed by atoms with Gasteiger partial charge < -0.3 is 4.52 Å². The third kappa shape index (κ3) is 2.64. The van der Waals surface area contributed by atoms with Crippen LogP contribution in [0.15, 0.2) is 28.8 Å². The summed E-state index contributed by atoms with van der Waals surface area (Å²) in [5.74, 6) is 1.37. The molecule has 0 radical (unpaired) electrons. The highest BCUT2D eigenvalue weighted by atomic mass is 32.1. The molecule has 1 aliphatic carbocycles. The molecule has 0 aliphatic heterocycles. The first-order valence-corrected chi connectivity index (χ1v) is 9.33. The first-order chi connectivity index (χ1) is 12.3. The molecule has 0 saturated carbocycles. The summed E-state index contributed by atoms with van der Waals surface area (Å²) in [6.07, 6.45) is 5.84. The molecule has 0 fully saturated rings. The molecular formula is C18H17N5OS. The van der Waals surface area contributed by atoms with Gasteiger partial charge in [0.25, 0.3) is 0 Å². The number of benzene rings is 1. The molecule has 3 aromatic heterocycles. The second-order valence-corrected chi connectivity index (χ2v) is 7.56. The van der Waals surface area contributed by atoms with Gasteiger partial charge in [0, 0.05) is 12.5 Å². The summed E-state index contributed by atoms with van der Waals surface area (Å²) in [6, 6.07) is 8.71. The monoisotopic (exact) mass is 351 g/mol. The van der Waals surface area contributed by atoms with Crippen molar-refractivity contribution in [2.45, 2.75) is 39.0 Å². The van der Waals surface area contributed by atoms with Gasteiger partial charge in [-0.2, -0.15) is 9.61 Å². The Morgan fingerprint density at radius 3 is 2.84 bits per heavy atom. The maximum Gasteiger partial charge on any atom is 0.235 e. The maximum absolute atomic E-state index is 5.14. The lowest BCUT2D eigenvalue weighted by Crippen LogP contribution is -2.03. The molecule has 0 amide bonds. The number of aromatic nitrogens is 5. The predicted molar refractivity (Wildman–Crippen MR) is 94.8 cm³/mol.